The molecule has 0 aromatic carbocycles. The Morgan fingerprint density at radius 2 is 2.06 bits per heavy atom. The summed E-state index contributed by atoms with van der Waals surface area (Å²) in [4.78, 5) is 26.4. The van der Waals surface area contributed by atoms with Crippen LogP contribution in [0, 0.1) is 5.92 Å². The SMILES string of the molecule is CC1(C2CC2)NC(=O)CN(C2CC=CCC2)C1=O. The van der Waals surface area contributed by atoms with Gasteiger partial charge in [-0.15, -0.1) is 0 Å². The molecule has 1 aliphatic heterocycles. The van der Waals surface area contributed by atoms with Gasteiger partial charge in [0.15, 0.2) is 0 Å². The van der Waals surface area contributed by atoms with E-state index in [0.29, 0.717) is 5.92 Å². The molecule has 3 rings (SSSR count). The Hall–Kier alpha value is -1.32. The molecule has 0 spiro atoms. The van der Waals surface area contributed by atoms with E-state index in [0.717, 1.165) is 32.1 Å². The third kappa shape index (κ3) is 1.84. The van der Waals surface area contributed by atoms with E-state index >= 15 is 0 Å². The van der Waals surface area contributed by atoms with Crippen molar-refractivity contribution in [2.45, 2.75) is 50.6 Å². The lowest BCUT2D eigenvalue weighted by Gasteiger charge is -2.44. The molecule has 0 aromatic rings. The highest BCUT2D eigenvalue weighted by molar-refractivity contribution is 5.98. The summed E-state index contributed by atoms with van der Waals surface area (Å²) in [5.74, 6) is 0.472. The fourth-order valence-corrected chi connectivity index (χ4v) is 3.20. The van der Waals surface area contributed by atoms with Crippen molar-refractivity contribution in [2.75, 3.05) is 6.54 Å². The van der Waals surface area contributed by atoms with Crippen LogP contribution in [0.25, 0.3) is 0 Å². The number of piperazine rings is 1. The fraction of sp³-hybridized carbons (Fsp3) is 0.714. The maximum atomic E-state index is 12.7. The predicted molar refractivity (Wildman–Crippen MR) is 67.8 cm³/mol. The summed E-state index contributed by atoms with van der Waals surface area (Å²) in [6.45, 7) is 2.13. The summed E-state index contributed by atoms with van der Waals surface area (Å²) >= 11 is 0. The quantitative estimate of drug-likeness (QED) is 0.747. The van der Waals surface area contributed by atoms with Gasteiger partial charge in [0.2, 0.25) is 11.8 Å². The first-order valence-electron chi connectivity index (χ1n) is 6.88. The van der Waals surface area contributed by atoms with Crippen molar-refractivity contribution in [1.82, 2.24) is 10.2 Å². The van der Waals surface area contributed by atoms with E-state index in [1.165, 1.54) is 0 Å². The number of allylic oxidation sites excluding steroid dienone is 1. The van der Waals surface area contributed by atoms with Gasteiger partial charge < -0.3 is 10.2 Å². The predicted octanol–water partition coefficient (Wildman–Crippen LogP) is 1.22. The Balaban J connectivity index is 1.83. The number of amides is 2. The van der Waals surface area contributed by atoms with E-state index in [1.54, 1.807) is 0 Å². The topological polar surface area (TPSA) is 49.4 Å². The van der Waals surface area contributed by atoms with Crippen LogP contribution in [0.2, 0.25) is 0 Å². The van der Waals surface area contributed by atoms with Gasteiger partial charge in [-0.2, -0.15) is 0 Å². The molecule has 1 saturated heterocycles. The van der Waals surface area contributed by atoms with Gasteiger partial charge in [-0.3, -0.25) is 9.59 Å². The van der Waals surface area contributed by atoms with Crippen molar-refractivity contribution < 1.29 is 9.59 Å². The van der Waals surface area contributed by atoms with Crippen LogP contribution in [0.15, 0.2) is 12.2 Å². The number of rotatable bonds is 2. The molecule has 1 saturated carbocycles. The van der Waals surface area contributed by atoms with Crippen LogP contribution in [0.3, 0.4) is 0 Å². The van der Waals surface area contributed by atoms with Gasteiger partial charge in [-0.25, -0.2) is 0 Å². The van der Waals surface area contributed by atoms with Crippen molar-refractivity contribution in [3.63, 3.8) is 0 Å². The van der Waals surface area contributed by atoms with Gasteiger partial charge in [-0.05, 0) is 44.9 Å². The highest BCUT2D eigenvalue weighted by Crippen LogP contribution is 2.42. The second-order valence-corrected chi connectivity index (χ2v) is 5.90. The average molecular weight is 248 g/mol. The molecule has 2 aliphatic carbocycles. The van der Waals surface area contributed by atoms with Crippen LogP contribution in [-0.2, 0) is 9.59 Å². The van der Waals surface area contributed by atoms with Gasteiger partial charge in [0, 0.05) is 6.04 Å². The lowest BCUT2D eigenvalue weighted by atomic mass is 9.89. The first-order chi connectivity index (χ1) is 8.61. The lowest BCUT2D eigenvalue weighted by Crippen LogP contribution is -2.68. The van der Waals surface area contributed by atoms with Gasteiger partial charge >= 0.3 is 0 Å². The molecule has 4 heteroatoms. The molecule has 2 unspecified atom stereocenters. The Morgan fingerprint density at radius 1 is 1.28 bits per heavy atom. The highest BCUT2D eigenvalue weighted by atomic mass is 16.2. The molecule has 2 atom stereocenters. The minimum Gasteiger partial charge on any atom is -0.340 e. The third-order valence-corrected chi connectivity index (χ3v) is 4.49. The van der Waals surface area contributed by atoms with Crippen molar-refractivity contribution in [1.29, 1.82) is 0 Å². The van der Waals surface area contributed by atoms with Crippen molar-refractivity contribution in [3.05, 3.63) is 12.2 Å². The zero-order chi connectivity index (χ0) is 12.8. The summed E-state index contributed by atoms with van der Waals surface area (Å²) in [6, 6.07) is 0.214. The summed E-state index contributed by atoms with van der Waals surface area (Å²) < 4.78 is 0. The molecule has 18 heavy (non-hydrogen) atoms. The molecule has 3 aliphatic rings. The maximum Gasteiger partial charge on any atom is 0.249 e. The summed E-state index contributed by atoms with van der Waals surface area (Å²) in [5.41, 5.74) is -0.642. The Labute approximate surface area is 107 Å². The van der Waals surface area contributed by atoms with Crippen LogP contribution in [0.4, 0.5) is 0 Å². The number of carbonyl (C=O) groups is 2. The van der Waals surface area contributed by atoms with Gasteiger partial charge in [-0.1, -0.05) is 12.2 Å². The van der Waals surface area contributed by atoms with Gasteiger partial charge in [0.1, 0.15) is 5.54 Å². The smallest absolute Gasteiger partial charge is 0.249 e. The van der Waals surface area contributed by atoms with Crippen LogP contribution in [0.5, 0.6) is 0 Å². The van der Waals surface area contributed by atoms with Crippen molar-refractivity contribution in [2.24, 2.45) is 5.92 Å². The second-order valence-electron chi connectivity index (χ2n) is 5.90. The average Bonchev–Trinajstić information content (AvgIpc) is 3.19. The summed E-state index contributed by atoms with van der Waals surface area (Å²) in [5, 5.41) is 2.93. The van der Waals surface area contributed by atoms with E-state index in [1.807, 2.05) is 11.8 Å². The molecule has 2 fully saturated rings. The molecule has 0 aromatic heterocycles. The molecule has 98 valence electrons. The van der Waals surface area contributed by atoms with Crippen molar-refractivity contribution >= 4 is 11.8 Å². The largest absolute Gasteiger partial charge is 0.340 e. The van der Waals surface area contributed by atoms with E-state index in [9.17, 15) is 9.59 Å². The summed E-state index contributed by atoms with van der Waals surface area (Å²) in [6.07, 6.45) is 9.28. The number of nitrogens with one attached hydrogen (secondary N) is 1. The third-order valence-electron chi connectivity index (χ3n) is 4.49. The Bertz CT molecular complexity index is 414. The normalized spacial score (nSPS) is 36.7. The van der Waals surface area contributed by atoms with E-state index in [-0.39, 0.29) is 24.4 Å². The minimum atomic E-state index is -0.642. The van der Waals surface area contributed by atoms with Gasteiger partial charge in [0.05, 0.1) is 6.54 Å². The maximum absolute atomic E-state index is 12.7. The van der Waals surface area contributed by atoms with Crippen LogP contribution in [0.1, 0.15) is 39.0 Å². The molecule has 0 bridgehead atoms. The Kier molecular flexibility index (Phi) is 2.68. The lowest BCUT2D eigenvalue weighted by molar-refractivity contribution is -0.152. The minimum absolute atomic E-state index is 0.00134. The number of hydrogen-bond acceptors (Lipinski definition) is 2. The molecule has 2 amide bonds. The number of carbonyl (C=O) groups excluding carboxylic acids is 2. The molecular formula is C14H20N2O2. The molecule has 4 nitrogen and oxygen atoms in total. The van der Waals surface area contributed by atoms with Crippen LogP contribution >= 0.6 is 0 Å². The molecule has 1 heterocycles. The summed E-state index contributed by atoms with van der Waals surface area (Å²) in [7, 11) is 0. The molecule has 1 N–H and O–H groups in total. The second kappa shape index (κ2) is 4.11. The first kappa shape index (κ1) is 11.8. The molecular weight excluding hydrogens is 228 g/mol. The first-order valence-corrected chi connectivity index (χ1v) is 6.88. The number of nitrogens with zero attached hydrogens (tertiary/aromatic N) is 1. The van der Waals surface area contributed by atoms with E-state index < -0.39 is 5.54 Å². The molecule has 0 radical (unpaired) electrons. The standard InChI is InChI=1S/C14H20N2O2/c1-14(10-7-8-10)13(18)16(9-12(17)15-14)11-5-3-2-4-6-11/h2-3,10-11H,4-9H2,1H3,(H,15,17). The zero-order valence-electron chi connectivity index (χ0n) is 10.8. The number of hydrogen-bond donors (Lipinski definition) is 1. The van der Waals surface area contributed by atoms with Gasteiger partial charge in [0.25, 0.3) is 0 Å². The van der Waals surface area contributed by atoms with E-state index in [4.69, 9.17) is 0 Å². The highest BCUT2D eigenvalue weighted by Gasteiger charge is 2.53. The van der Waals surface area contributed by atoms with E-state index in [2.05, 4.69) is 17.5 Å². The monoisotopic (exact) mass is 248 g/mol. The fourth-order valence-electron chi connectivity index (χ4n) is 3.20. The van der Waals surface area contributed by atoms with Crippen LogP contribution < -0.4 is 5.32 Å². The zero-order valence-corrected chi connectivity index (χ0v) is 10.8. The van der Waals surface area contributed by atoms with Crippen LogP contribution in [-0.4, -0.2) is 34.8 Å². The van der Waals surface area contributed by atoms with Crippen molar-refractivity contribution in [3.8, 4) is 0 Å². The Morgan fingerprint density at radius 3 is 2.67 bits per heavy atom.